The Balaban J connectivity index is 1.89. The summed E-state index contributed by atoms with van der Waals surface area (Å²) in [6, 6.07) is 7.72. The van der Waals surface area contributed by atoms with E-state index in [-0.39, 0.29) is 12.6 Å². The summed E-state index contributed by atoms with van der Waals surface area (Å²) >= 11 is 0.962. The molecule has 1 unspecified atom stereocenters. The molecule has 0 aliphatic heterocycles. The fourth-order valence-electron chi connectivity index (χ4n) is 2.28. The minimum atomic E-state index is -4.42. The summed E-state index contributed by atoms with van der Waals surface area (Å²) in [7, 11) is 1.61. The van der Waals surface area contributed by atoms with Crippen LogP contribution in [-0.2, 0) is 12.7 Å². The van der Waals surface area contributed by atoms with Crippen LogP contribution in [0.4, 0.5) is 13.2 Å². The smallest absolute Gasteiger partial charge is 0.434 e. The van der Waals surface area contributed by atoms with Gasteiger partial charge in [0.15, 0.2) is 11.7 Å². The van der Waals surface area contributed by atoms with Crippen molar-refractivity contribution < 1.29 is 17.9 Å². The predicted octanol–water partition coefficient (Wildman–Crippen LogP) is 4.62. The van der Waals surface area contributed by atoms with Crippen LogP contribution in [-0.4, -0.2) is 24.6 Å². The zero-order valence-electron chi connectivity index (χ0n) is 16.3. The van der Waals surface area contributed by atoms with Crippen LogP contribution in [0.25, 0.3) is 0 Å². The predicted molar refractivity (Wildman–Crippen MR) is 106 cm³/mol. The molecule has 0 radical (unpaired) electrons. The molecular weight excluding hydrogens is 389 g/mol. The molecule has 0 saturated carbocycles. The third kappa shape index (κ3) is 6.70. The molecule has 2 N–H and O–H groups in total. The van der Waals surface area contributed by atoms with E-state index in [9.17, 15) is 13.2 Å². The number of alkyl halides is 3. The number of thiazole rings is 1. The van der Waals surface area contributed by atoms with Crippen molar-refractivity contribution in [2.24, 2.45) is 10.9 Å². The number of aromatic nitrogens is 1. The number of nitrogens with one attached hydrogen (secondary N) is 2. The van der Waals surface area contributed by atoms with Crippen LogP contribution in [0, 0.1) is 5.92 Å². The highest BCUT2D eigenvalue weighted by atomic mass is 32.1. The fourth-order valence-corrected chi connectivity index (χ4v) is 3.02. The maximum atomic E-state index is 12.6. The summed E-state index contributed by atoms with van der Waals surface area (Å²) in [6.45, 7) is 6.98. The zero-order valence-corrected chi connectivity index (χ0v) is 17.1. The number of benzene rings is 1. The monoisotopic (exact) mass is 414 g/mol. The third-order valence-electron chi connectivity index (χ3n) is 3.79. The Bertz CT molecular complexity index is 772. The molecule has 0 spiro atoms. The van der Waals surface area contributed by atoms with Crippen molar-refractivity contribution in [3.63, 3.8) is 0 Å². The molecule has 1 aromatic carbocycles. The SMILES string of the molecule is CN=C(NCc1nc(C(F)(F)F)cs1)NC(C)c1ccc(OCC(C)C)cc1. The van der Waals surface area contributed by atoms with Crippen molar-refractivity contribution in [3.05, 3.63) is 45.9 Å². The lowest BCUT2D eigenvalue weighted by Crippen LogP contribution is -2.38. The normalized spacial score (nSPS) is 13.5. The van der Waals surface area contributed by atoms with Crippen LogP contribution in [0.15, 0.2) is 34.6 Å². The number of nitrogens with zero attached hydrogens (tertiary/aromatic N) is 2. The van der Waals surface area contributed by atoms with E-state index >= 15 is 0 Å². The minimum absolute atomic E-state index is 0.0487. The number of aliphatic imine (C=N–C) groups is 1. The van der Waals surface area contributed by atoms with Gasteiger partial charge in [-0.3, -0.25) is 4.99 Å². The Morgan fingerprint density at radius 1 is 1.21 bits per heavy atom. The molecule has 154 valence electrons. The van der Waals surface area contributed by atoms with Gasteiger partial charge in [0.2, 0.25) is 0 Å². The molecule has 9 heteroatoms. The number of guanidine groups is 1. The van der Waals surface area contributed by atoms with Crippen LogP contribution in [0.5, 0.6) is 5.75 Å². The molecule has 5 nitrogen and oxygen atoms in total. The number of ether oxygens (including phenoxy) is 1. The second-order valence-corrected chi connectivity index (χ2v) is 7.63. The van der Waals surface area contributed by atoms with Gasteiger partial charge in [-0.2, -0.15) is 13.2 Å². The van der Waals surface area contributed by atoms with Gasteiger partial charge in [0.1, 0.15) is 10.8 Å². The van der Waals surface area contributed by atoms with Gasteiger partial charge in [-0.05, 0) is 30.5 Å². The molecule has 0 bridgehead atoms. The average Bonchev–Trinajstić information content (AvgIpc) is 3.13. The van der Waals surface area contributed by atoms with Gasteiger partial charge in [-0.15, -0.1) is 11.3 Å². The number of halogens is 3. The maximum Gasteiger partial charge on any atom is 0.434 e. The van der Waals surface area contributed by atoms with Crippen molar-refractivity contribution >= 4 is 17.3 Å². The molecule has 1 atom stereocenters. The van der Waals surface area contributed by atoms with Crippen molar-refractivity contribution in [1.29, 1.82) is 0 Å². The number of hydrogen-bond donors (Lipinski definition) is 2. The first-order valence-corrected chi connectivity index (χ1v) is 9.78. The maximum absolute atomic E-state index is 12.6. The Labute approximate surface area is 167 Å². The second kappa shape index (κ2) is 9.77. The molecule has 1 heterocycles. The molecule has 0 aliphatic rings. The highest BCUT2D eigenvalue weighted by Crippen LogP contribution is 2.29. The lowest BCUT2D eigenvalue weighted by molar-refractivity contribution is -0.140. The fraction of sp³-hybridized carbons (Fsp3) is 0.474. The van der Waals surface area contributed by atoms with Crippen LogP contribution in [0.1, 0.15) is 43.1 Å². The lowest BCUT2D eigenvalue weighted by Gasteiger charge is -2.18. The quantitative estimate of drug-likeness (QED) is 0.513. The molecule has 0 aliphatic carbocycles. The Hall–Kier alpha value is -2.29. The molecule has 28 heavy (non-hydrogen) atoms. The van der Waals surface area contributed by atoms with Crippen molar-refractivity contribution in [1.82, 2.24) is 15.6 Å². The van der Waals surface area contributed by atoms with E-state index in [0.29, 0.717) is 23.5 Å². The summed E-state index contributed by atoms with van der Waals surface area (Å²) in [5, 5.41) is 7.56. The van der Waals surface area contributed by atoms with Gasteiger partial charge < -0.3 is 15.4 Å². The van der Waals surface area contributed by atoms with Crippen molar-refractivity contribution in [3.8, 4) is 5.75 Å². The van der Waals surface area contributed by atoms with E-state index in [1.54, 1.807) is 7.05 Å². The first kappa shape index (κ1) is 22.0. The molecule has 0 amide bonds. The van der Waals surface area contributed by atoms with Gasteiger partial charge in [0, 0.05) is 12.4 Å². The van der Waals surface area contributed by atoms with E-state index in [1.807, 2.05) is 31.2 Å². The van der Waals surface area contributed by atoms with Gasteiger partial charge >= 0.3 is 6.18 Å². The van der Waals surface area contributed by atoms with Crippen molar-refractivity contribution in [2.45, 2.75) is 39.5 Å². The summed E-state index contributed by atoms with van der Waals surface area (Å²) in [4.78, 5) is 7.71. The van der Waals surface area contributed by atoms with Crippen LogP contribution in [0.3, 0.4) is 0 Å². The first-order chi connectivity index (χ1) is 13.2. The molecule has 0 saturated heterocycles. The standard InChI is InChI=1S/C19H25F3N4OS/c1-12(2)10-27-15-7-5-14(6-8-15)13(3)25-18(23-4)24-9-17-26-16(11-28-17)19(20,21)22/h5-8,11-13H,9-10H2,1-4H3,(H2,23,24,25). The summed E-state index contributed by atoms with van der Waals surface area (Å²) in [5.41, 5.74) is 0.166. The van der Waals surface area contributed by atoms with Gasteiger partial charge in [0.05, 0.1) is 19.2 Å². The van der Waals surface area contributed by atoms with E-state index in [4.69, 9.17) is 4.74 Å². The largest absolute Gasteiger partial charge is 0.493 e. The molecule has 2 rings (SSSR count). The Morgan fingerprint density at radius 3 is 2.43 bits per heavy atom. The summed E-state index contributed by atoms with van der Waals surface area (Å²) < 4.78 is 43.5. The van der Waals surface area contributed by atoms with E-state index < -0.39 is 11.9 Å². The van der Waals surface area contributed by atoms with Crippen molar-refractivity contribution in [2.75, 3.05) is 13.7 Å². The van der Waals surface area contributed by atoms with Gasteiger partial charge in [0.25, 0.3) is 0 Å². The van der Waals surface area contributed by atoms with Crippen LogP contribution in [0.2, 0.25) is 0 Å². The lowest BCUT2D eigenvalue weighted by atomic mass is 10.1. The Morgan fingerprint density at radius 2 is 1.89 bits per heavy atom. The molecule has 2 aromatic rings. The highest BCUT2D eigenvalue weighted by molar-refractivity contribution is 7.09. The van der Waals surface area contributed by atoms with Crippen LogP contribution < -0.4 is 15.4 Å². The average molecular weight is 414 g/mol. The number of hydrogen-bond acceptors (Lipinski definition) is 4. The Kier molecular flexibility index (Phi) is 7.68. The summed E-state index contributed by atoms with van der Waals surface area (Å²) in [5.74, 6) is 1.76. The topological polar surface area (TPSA) is 58.5 Å². The molecule has 0 fully saturated rings. The van der Waals surface area contributed by atoms with E-state index in [1.165, 1.54) is 0 Å². The van der Waals surface area contributed by atoms with Crippen LogP contribution >= 0.6 is 11.3 Å². The minimum Gasteiger partial charge on any atom is -0.493 e. The van der Waals surface area contributed by atoms with Gasteiger partial charge in [-0.25, -0.2) is 4.98 Å². The third-order valence-corrected chi connectivity index (χ3v) is 4.64. The van der Waals surface area contributed by atoms with E-state index in [2.05, 4.69) is 34.5 Å². The molecule has 1 aromatic heterocycles. The number of rotatable bonds is 7. The van der Waals surface area contributed by atoms with E-state index in [0.717, 1.165) is 28.0 Å². The van der Waals surface area contributed by atoms with Gasteiger partial charge in [-0.1, -0.05) is 26.0 Å². The second-order valence-electron chi connectivity index (χ2n) is 6.69. The zero-order chi connectivity index (χ0) is 20.7. The molecular formula is C19H25F3N4OS. The highest BCUT2D eigenvalue weighted by Gasteiger charge is 2.33. The summed E-state index contributed by atoms with van der Waals surface area (Å²) in [6.07, 6.45) is -4.42. The first-order valence-electron chi connectivity index (χ1n) is 8.90.